The molecule has 0 aliphatic rings. The van der Waals surface area contributed by atoms with Crippen LogP contribution in [0.3, 0.4) is 0 Å². The number of amides is 1. The third-order valence-corrected chi connectivity index (χ3v) is 4.73. The summed E-state index contributed by atoms with van der Waals surface area (Å²) in [7, 11) is 0. The van der Waals surface area contributed by atoms with Gasteiger partial charge in [-0.25, -0.2) is 4.99 Å². The molecular weight excluding hydrogens is 374 g/mol. The number of guanidine groups is 1. The topological polar surface area (TPSA) is 71.3 Å². The van der Waals surface area contributed by atoms with Crippen LogP contribution in [0.4, 0.5) is 5.69 Å². The summed E-state index contributed by atoms with van der Waals surface area (Å²) >= 11 is 0. The first-order valence-electron chi connectivity index (χ1n) is 10.2. The molecule has 0 spiro atoms. The highest BCUT2D eigenvalue weighted by molar-refractivity contribution is 6.10. The Kier molecular flexibility index (Phi) is 7.01. The lowest BCUT2D eigenvalue weighted by molar-refractivity contribution is 0.0977. The van der Waals surface area contributed by atoms with Crippen LogP contribution < -0.4 is 10.6 Å². The molecule has 0 aliphatic heterocycles. The molecule has 0 bridgehead atoms. The summed E-state index contributed by atoms with van der Waals surface area (Å²) in [5, 5.41) is 10.7. The van der Waals surface area contributed by atoms with E-state index in [0.717, 1.165) is 35.5 Å². The number of rotatable bonds is 6. The summed E-state index contributed by atoms with van der Waals surface area (Å²) in [6, 6.07) is 15.5. The summed E-state index contributed by atoms with van der Waals surface area (Å²) in [6.07, 6.45) is 3.05. The molecular formula is C24H29N5O. The van der Waals surface area contributed by atoms with E-state index in [0.29, 0.717) is 18.1 Å². The number of aromatic nitrogens is 2. The molecule has 0 saturated carbocycles. The molecule has 6 heteroatoms. The number of benzene rings is 2. The van der Waals surface area contributed by atoms with Gasteiger partial charge in [0.25, 0.3) is 5.91 Å². The summed E-state index contributed by atoms with van der Waals surface area (Å²) in [5.41, 5.74) is 5.65. The van der Waals surface area contributed by atoms with E-state index in [1.807, 2.05) is 74.1 Å². The minimum Gasteiger partial charge on any atom is -0.326 e. The summed E-state index contributed by atoms with van der Waals surface area (Å²) in [6.45, 7) is 9.41. The van der Waals surface area contributed by atoms with Gasteiger partial charge in [0.1, 0.15) is 0 Å². The van der Waals surface area contributed by atoms with Crippen molar-refractivity contribution in [1.29, 1.82) is 0 Å². The molecule has 1 heterocycles. The largest absolute Gasteiger partial charge is 0.326 e. The van der Waals surface area contributed by atoms with E-state index in [-0.39, 0.29) is 5.91 Å². The van der Waals surface area contributed by atoms with Gasteiger partial charge in [-0.05, 0) is 51.5 Å². The molecule has 2 aromatic carbocycles. The van der Waals surface area contributed by atoms with Crippen molar-refractivity contribution in [3.05, 3.63) is 82.7 Å². The summed E-state index contributed by atoms with van der Waals surface area (Å²) in [5.74, 6) is 0.212. The highest BCUT2D eigenvalue weighted by Gasteiger charge is 2.11. The van der Waals surface area contributed by atoms with Crippen LogP contribution in [0.25, 0.3) is 0 Å². The lowest BCUT2D eigenvalue weighted by atomic mass is 10.1. The predicted octanol–water partition coefficient (Wildman–Crippen LogP) is 4.62. The number of hydrogen-bond acceptors (Lipinski definition) is 3. The number of hydrogen-bond donors (Lipinski definition) is 2. The number of carbonyl (C=O) groups is 1. The van der Waals surface area contributed by atoms with E-state index >= 15 is 0 Å². The molecule has 3 rings (SSSR count). The van der Waals surface area contributed by atoms with Crippen LogP contribution in [0.5, 0.6) is 0 Å². The van der Waals surface area contributed by atoms with Crippen LogP contribution in [0.2, 0.25) is 0 Å². The summed E-state index contributed by atoms with van der Waals surface area (Å²) in [4.78, 5) is 17.4. The van der Waals surface area contributed by atoms with Crippen molar-refractivity contribution in [2.45, 2.75) is 47.2 Å². The van der Waals surface area contributed by atoms with Gasteiger partial charge in [0.15, 0.2) is 0 Å². The van der Waals surface area contributed by atoms with Gasteiger partial charge in [0, 0.05) is 29.6 Å². The van der Waals surface area contributed by atoms with Crippen molar-refractivity contribution in [2.24, 2.45) is 4.99 Å². The van der Waals surface area contributed by atoms with Gasteiger partial charge >= 0.3 is 0 Å². The summed E-state index contributed by atoms with van der Waals surface area (Å²) < 4.78 is 1.94. The van der Waals surface area contributed by atoms with Crippen LogP contribution in [-0.4, -0.2) is 21.6 Å². The van der Waals surface area contributed by atoms with E-state index < -0.39 is 0 Å². The molecule has 0 saturated heterocycles. The van der Waals surface area contributed by atoms with E-state index in [1.54, 1.807) is 6.07 Å². The molecule has 30 heavy (non-hydrogen) atoms. The second-order valence-corrected chi connectivity index (χ2v) is 7.48. The first-order chi connectivity index (χ1) is 14.4. The van der Waals surface area contributed by atoms with E-state index in [2.05, 4.69) is 27.6 Å². The Bertz CT molecular complexity index is 1030. The second-order valence-electron chi connectivity index (χ2n) is 7.48. The maximum Gasteiger partial charge on any atom is 0.257 e. The zero-order valence-corrected chi connectivity index (χ0v) is 18.1. The minimum absolute atomic E-state index is 0.199. The Morgan fingerprint density at radius 3 is 2.53 bits per heavy atom. The van der Waals surface area contributed by atoms with Crippen molar-refractivity contribution in [1.82, 2.24) is 15.1 Å². The number of aryl methyl sites for hydroxylation is 4. The fraction of sp³-hybridized carbons (Fsp3) is 0.292. The lowest BCUT2D eigenvalue weighted by Crippen LogP contribution is -2.36. The van der Waals surface area contributed by atoms with Gasteiger partial charge in [-0.1, -0.05) is 42.3 Å². The molecule has 0 atom stereocenters. The molecule has 1 amide bonds. The van der Waals surface area contributed by atoms with Crippen LogP contribution in [-0.2, 0) is 13.1 Å². The van der Waals surface area contributed by atoms with E-state index in [9.17, 15) is 4.79 Å². The molecule has 6 nitrogen and oxygen atoms in total. The average molecular weight is 404 g/mol. The third kappa shape index (κ3) is 5.80. The quantitative estimate of drug-likeness (QED) is 0.466. The fourth-order valence-electron chi connectivity index (χ4n) is 3.07. The highest BCUT2D eigenvalue weighted by atomic mass is 16.1. The SMILES string of the molecule is CCCn1cc(CN=C(NC(=O)c2cccc(C)c2)Nc2ccc(C)cc2)c(C)n1. The lowest BCUT2D eigenvalue weighted by Gasteiger charge is -2.12. The number of aliphatic imine (C=N–C) groups is 1. The van der Waals surface area contributed by atoms with Crippen molar-refractivity contribution in [3.8, 4) is 0 Å². The van der Waals surface area contributed by atoms with E-state index in [4.69, 9.17) is 0 Å². The minimum atomic E-state index is -0.199. The van der Waals surface area contributed by atoms with Crippen molar-refractivity contribution in [2.75, 3.05) is 5.32 Å². The number of nitrogens with zero attached hydrogens (tertiary/aromatic N) is 3. The normalized spacial score (nSPS) is 11.4. The smallest absolute Gasteiger partial charge is 0.257 e. The highest BCUT2D eigenvalue weighted by Crippen LogP contribution is 2.11. The fourth-order valence-corrected chi connectivity index (χ4v) is 3.07. The molecule has 0 radical (unpaired) electrons. The van der Waals surface area contributed by atoms with Crippen LogP contribution >= 0.6 is 0 Å². The van der Waals surface area contributed by atoms with Gasteiger partial charge < -0.3 is 5.32 Å². The Labute approximate surface area is 178 Å². The number of anilines is 1. The van der Waals surface area contributed by atoms with E-state index in [1.165, 1.54) is 5.56 Å². The Morgan fingerprint density at radius 2 is 1.83 bits per heavy atom. The van der Waals surface area contributed by atoms with Crippen molar-refractivity contribution in [3.63, 3.8) is 0 Å². The molecule has 2 N–H and O–H groups in total. The number of carbonyl (C=O) groups excluding carboxylic acids is 1. The molecule has 3 aromatic rings. The second kappa shape index (κ2) is 9.87. The molecule has 0 unspecified atom stereocenters. The third-order valence-electron chi connectivity index (χ3n) is 4.73. The zero-order valence-electron chi connectivity index (χ0n) is 18.1. The zero-order chi connectivity index (χ0) is 21.5. The predicted molar refractivity (Wildman–Crippen MR) is 122 cm³/mol. The van der Waals surface area contributed by atoms with Gasteiger partial charge in [-0.3, -0.25) is 14.8 Å². The molecule has 156 valence electrons. The Morgan fingerprint density at radius 1 is 1.07 bits per heavy atom. The Hall–Kier alpha value is -3.41. The number of nitrogens with one attached hydrogen (secondary N) is 2. The maximum absolute atomic E-state index is 12.8. The van der Waals surface area contributed by atoms with Crippen LogP contribution in [0, 0.1) is 20.8 Å². The van der Waals surface area contributed by atoms with Gasteiger partial charge in [-0.15, -0.1) is 0 Å². The van der Waals surface area contributed by atoms with Gasteiger partial charge in [0.2, 0.25) is 5.96 Å². The molecule has 0 aliphatic carbocycles. The Balaban J connectivity index is 1.81. The van der Waals surface area contributed by atoms with Crippen LogP contribution in [0.1, 0.15) is 46.1 Å². The van der Waals surface area contributed by atoms with Crippen LogP contribution in [0.15, 0.2) is 59.7 Å². The monoisotopic (exact) mass is 403 g/mol. The molecule has 0 fully saturated rings. The first-order valence-corrected chi connectivity index (χ1v) is 10.2. The van der Waals surface area contributed by atoms with Gasteiger partial charge in [0.05, 0.1) is 12.2 Å². The standard InChI is InChI=1S/C24H29N5O/c1-5-13-29-16-21(19(4)28-29)15-25-24(26-22-11-9-17(2)10-12-22)27-23(30)20-8-6-7-18(3)14-20/h6-12,14,16H,5,13,15H2,1-4H3,(H2,25,26,27,30). The maximum atomic E-state index is 12.8. The van der Waals surface area contributed by atoms with Gasteiger partial charge in [-0.2, -0.15) is 5.10 Å². The molecule has 1 aromatic heterocycles. The van der Waals surface area contributed by atoms with Crippen molar-refractivity contribution >= 4 is 17.6 Å². The van der Waals surface area contributed by atoms with Crippen molar-refractivity contribution < 1.29 is 4.79 Å². The first kappa shape index (κ1) is 21.3. The average Bonchev–Trinajstić information content (AvgIpc) is 3.07.